The molecule has 5 rings (SSSR count). The lowest BCUT2D eigenvalue weighted by atomic mass is 9.95. The van der Waals surface area contributed by atoms with E-state index >= 15 is 0 Å². The summed E-state index contributed by atoms with van der Waals surface area (Å²) in [5, 5.41) is 20.8. The number of benzene rings is 2. The van der Waals surface area contributed by atoms with Gasteiger partial charge in [-0.1, -0.05) is 29.8 Å². The van der Waals surface area contributed by atoms with Crippen LogP contribution in [0.4, 0.5) is 11.5 Å². The third-order valence-corrected chi connectivity index (χ3v) is 5.36. The van der Waals surface area contributed by atoms with Gasteiger partial charge in [0.25, 0.3) is 5.91 Å². The minimum Gasteiger partial charge on any atom is -0.507 e. The molecule has 3 heterocycles. The topological polar surface area (TPSA) is 131 Å². The first kappa shape index (κ1) is 17.1. The van der Waals surface area contributed by atoms with E-state index in [0.29, 0.717) is 38.4 Å². The summed E-state index contributed by atoms with van der Waals surface area (Å²) in [4.78, 5) is 17.5. The third-order valence-electron chi connectivity index (χ3n) is 5.12. The Morgan fingerprint density at radius 2 is 1.83 bits per heavy atom. The fraction of sp³-hybridized carbons (Fsp3) is 0. The lowest BCUT2D eigenvalue weighted by Gasteiger charge is -2.10. The van der Waals surface area contributed by atoms with Crippen LogP contribution in [-0.4, -0.2) is 20.6 Å². The zero-order valence-corrected chi connectivity index (χ0v) is 15.5. The van der Waals surface area contributed by atoms with E-state index < -0.39 is 0 Å². The lowest BCUT2D eigenvalue weighted by molar-refractivity contribution is 0.0973. The molecule has 0 atom stereocenters. The van der Waals surface area contributed by atoms with E-state index in [1.165, 1.54) is 10.6 Å². The van der Waals surface area contributed by atoms with Crippen molar-refractivity contribution in [2.24, 2.45) is 0 Å². The number of phenolic OH excluding ortho intramolecular Hbond substituents is 1. The van der Waals surface area contributed by atoms with Gasteiger partial charge in [0.15, 0.2) is 5.65 Å². The van der Waals surface area contributed by atoms with Gasteiger partial charge in [0.2, 0.25) is 0 Å². The standard InChI is InChI=1S/C21H12ClN5O2/c22-9-5-6-14(28)12(7-9)15-16-17(24)13(8-23)19(25)26-20(16)27-18(15)10-3-1-2-4-11(10)21(27)29/h1-7,28H,(H4,24,25,26). The quantitative estimate of drug-likeness (QED) is 0.392. The van der Waals surface area contributed by atoms with Gasteiger partial charge in [0, 0.05) is 27.3 Å². The van der Waals surface area contributed by atoms with Crippen LogP contribution in [0.1, 0.15) is 15.9 Å². The van der Waals surface area contributed by atoms with Gasteiger partial charge >= 0.3 is 0 Å². The van der Waals surface area contributed by atoms with Crippen molar-refractivity contribution in [1.82, 2.24) is 9.55 Å². The second kappa shape index (κ2) is 5.74. The molecule has 140 valence electrons. The number of phenols is 1. The molecule has 2 aromatic heterocycles. The summed E-state index contributed by atoms with van der Waals surface area (Å²) in [5.74, 6) is -0.399. The number of anilines is 2. The van der Waals surface area contributed by atoms with Crippen LogP contribution in [0.5, 0.6) is 5.75 Å². The fourth-order valence-electron chi connectivity index (χ4n) is 3.89. The Labute approximate surface area is 169 Å². The first-order valence-electron chi connectivity index (χ1n) is 8.60. The van der Waals surface area contributed by atoms with Gasteiger partial charge < -0.3 is 16.6 Å². The van der Waals surface area contributed by atoms with E-state index in [9.17, 15) is 15.2 Å². The molecule has 1 aliphatic heterocycles. The molecule has 0 radical (unpaired) electrons. The van der Waals surface area contributed by atoms with E-state index in [-0.39, 0.29) is 34.4 Å². The maximum Gasteiger partial charge on any atom is 0.264 e. The van der Waals surface area contributed by atoms with Crippen molar-refractivity contribution in [1.29, 1.82) is 5.26 Å². The van der Waals surface area contributed by atoms with Crippen molar-refractivity contribution < 1.29 is 9.90 Å². The van der Waals surface area contributed by atoms with Crippen molar-refractivity contribution in [2.75, 3.05) is 11.5 Å². The van der Waals surface area contributed by atoms with E-state index in [4.69, 9.17) is 23.1 Å². The Kier molecular flexibility index (Phi) is 3.38. The second-order valence-electron chi connectivity index (χ2n) is 6.67. The zero-order valence-electron chi connectivity index (χ0n) is 14.8. The molecule has 0 saturated carbocycles. The van der Waals surface area contributed by atoms with Gasteiger partial charge in [-0.25, -0.2) is 4.98 Å². The van der Waals surface area contributed by atoms with Crippen molar-refractivity contribution in [3.63, 3.8) is 0 Å². The second-order valence-corrected chi connectivity index (χ2v) is 7.10. The van der Waals surface area contributed by atoms with Crippen LogP contribution in [0.2, 0.25) is 5.02 Å². The van der Waals surface area contributed by atoms with Crippen molar-refractivity contribution in [3.8, 4) is 34.2 Å². The van der Waals surface area contributed by atoms with Gasteiger partial charge in [0.1, 0.15) is 23.2 Å². The van der Waals surface area contributed by atoms with Crippen LogP contribution in [0.25, 0.3) is 33.4 Å². The number of carbonyl (C=O) groups is 1. The Hall–Kier alpha value is -4.02. The first-order chi connectivity index (χ1) is 13.9. The summed E-state index contributed by atoms with van der Waals surface area (Å²) in [6, 6.07) is 13.7. The fourth-order valence-corrected chi connectivity index (χ4v) is 4.06. The van der Waals surface area contributed by atoms with Crippen LogP contribution in [0, 0.1) is 11.3 Å². The molecule has 0 aliphatic carbocycles. The minimum atomic E-state index is -0.288. The average molecular weight is 402 g/mol. The van der Waals surface area contributed by atoms with Gasteiger partial charge in [-0.05, 0) is 24.3 Å². The van der Waals surface area contributed by atoms with E-state index in [0.717, 1.165) is 0 Å². The Morgan fingerprint density at radius 3 is 2.55 bits per heavy atom. The Morgan fingerprint density at radius 1 is 1.10 bits per heavy atom. The minimum absolute atomic E-state index is 0.0188. The molecular weight excluding hydrogens is 390 g/mol. The molecule has 7 nitrogen and oxygen atoms in total. The number of nitrogens with zero attached hydrogens (tertiary/aromatic N) is 3. The maximum atomic E-state index is 13.2. The van der Waals surface area contributed by atoms with E-state index in [2.05, 4.69) is 4.98 Å². The first-order valence-corrected chi connectivity index (χ1v) is 8.98. The number of halogens is 1. The highest BCUT2D eigenvalue weighted by atomic mass is 35.5. The number of aromatic nitrogens is 2. The summed E-state index contributed by atoms with van der Waals surface area (Å²) >= 11 is 6.18. The number of fused-ring (bicyclic) bond motifs is 5. The number of rotatable bonds is 1. The molecule has 0 spiro atoms. The molecular formula is C21H12ClN5O2. The molecule has 1 aliphatic rings. The molecule has 0 saturated heterocycles. The number of hydrogen-bond acceptors (Lipinski definition) is 6. The van der Waals surface area contributed by atoms with E-state index in [1.807, 2.05) is 12.1 Å². The molecule has 0 amide bonds. The molecule has 5 N–H and O–H groups in total. The predicted octanol–water partition coefficient (Wildman–Crippen LogP) is 3.77. The van der Waals surface area contributed by atoms with Gasteiger partial charge in [-0.2, -0.15) is 5.26 Å². The number of nitrogens with two attached hydrogens (primary N) is 2. The summed E-state index contributed by atoms with van der Waals surface area (Å²) in [6.45, 7) is 0. The van der Waals surface area contributed by atoms with Gasteiger partial charge in [-0.15, -0.1) is 0 Å². The number of hydrogen-bond donors (Lipinski definition) is 3. The van der Waals surface area contributed by atoms with Crippen LogP contribution in [0.3, 0.4) is 0 Å². The number of nitrogen functional groups attached to an aromatic ring is 2. The van der Waals surface area contributed by atoms with Crippen molar-refractivity contribution in [3.05, 3.63) is 58.6 Å². The van der Waals surface area contributed by atoms with Crippen molar-refractivity contribution >= 4 is 40.0 Å². The van der Waals surface area contributed by atoms with Crippen molar-refractivity contribution in [2.45, 2.75) is 0 Å². The SMILES string of the molecule is N#Cc1c(N)nc2c(c1N)c(-c1cc(Cl)ccc1O)c1n2C(=O)c2ccccc2-1. The summed E-state index contributed by atoms with van der Waals surface area (Å²) in [5.41, 5.74) is 15.1. The third kappa shape index (κ3) is 2.12. The zero-order chi connectivity index (χ0) is 20.4. The largest absolute Gasteiger partial charge is 0.507 e. The van der Waals surface area contributed by atoms with Crippen LogP contribution >= 0.6 is 11.6 Å². The molecule has 29 heavy (non-hydrogen) atoms. The van der Waals surface area contributed by atoms with Gasteiger partial charge in [0.05, 0.1) is 16.8 Å². The Balaban J connectivity index is 2.07. The summed E-state index contributed by atoms with van der Waals surface area (Å²) in [6.07, 6.45) is 0. The monoisotopic (exact) mass is 401 g/mol. The van der Waals surface area contributed by atoms with Crippen LogP contribution < -0.4 is 11.5 Å². The highest BCUT2D eigenvalue weighted by Crippen LogP contribution is 2.50. The maximum absolute atomic E-state index is 13.2. The van der Waals surface area contributed by atoms with Gasteiger partial charge in [-0.3, -0.25) is 9.36 Å². The average Bonchev–Trinajstić information content (AvgIpc) is 3.18. The molecule has 0 fully saturated rings. The number of aromatic hydroxyl groups is 1. The predicted molar refractivity (Wildman–Crippen MR) is 111 cm³/mol. The molecule has 0 bridgehead atoms. The molecule has 4 aromatic rings. The smallest absolute Gasteiger partial charge is 0.264 e. The highest BCUT2D eigenvalue weighted by molar-refractivity contribution is 6.31. The summed E-state index contributed by atoms with van der Waals surface area (Å²) < 4.78 is 1.42. The molecule has 2 aromatic carbocycles. The Bertz CT molecular complexity index is 1430. The number of carbonyl (C=O) groups excluding carboxylic acids is 1. The lowest BCUT2D eigenvalue weighted by Crippen LogP contribution is -2.09. The molecule has 0 unspecified atom stereocenters. The normalized spacial score (nSPS) is 12.1. The highest BCUT2D eigenvalue weighted by Gasteiger charge is 2.35. The van der Waals surface area contributed by atoms with Crippen LogP contribution in [0.15, 0.2) is 42.5 Å². The van der Waals surface area contributed by atoms with Crippen LogP contribution in [-0.2, 0) is 0 Å². The number of pyridine rings is 1. The molecule has 8 heteroatoms. The number of nitriles is 1. The summed E-state index contributed by atoms with van der Waals surface area (Å²) in [7, 11) is 0. The van der Waals surface area contributed by atoms with E-state index in [1.54, 1.807) is 30.3 Å².